The fourth-order valence-corrected chi connectivity index (χ4v) is 3.65. The second-order valence-electron chi connectivity index (χ2n) is 6.72. The number of hydrogen-bond donors (Lipinski definition) is 2. The second-order valence-corrected chi connectivity index (χ2v) is 6.72. The van der Waals surface area contributed by atoms with Gasteiger partial charge in [-0.25, -0.2) is 0 Å². The third-order valence-electron chi connectivity index (χ3n) is 5.07. The van der Waals surface area contributed by atoms with Crippen LogP contribution in [-0.4, -0.2) is 73.1 Å². The number of rotatable bonds is 7. The molecule has 1 amide bonds. The van der Waals surface area contributed by atoms with E-state index in [2.05, 4.69) is 20.6 Å². The van der Waals surface area contributed by atoms with Crippen molar-refractivity contribution in [2.75, 3.05) is 46.4 Å². The Morgan fingerprint density at radius 2 is 2.38 bits per heavy atom. The van der Waals surface area contributed by atoms with E-state index in [1.807, 2.05) is 16.9 Å². The average Bonchev–Trinajstić information content (AvgIpc) is 3.28. The van der Waals surface area contributed by atoms with Crippen molar-refractivity contribution < 1.29 is 9.53 Å². The average molecular weight is 335 g/mol. The van der Waals surface area contributed by atoms with Gasteiger partial charge in [-0.15, -0.1) is 0 Å². The summed E-state index contributed by atoms with van der Waals surface area (Å²) in [5.74, 6) is -0.0730. The Labute approximate surface area is 143 Å². The molecular weight excluding hydrogens is 306 g/mol. The van der Waals surface area contributed by atoms with E-state index in [-0.39, 0.29) is 5.91 Å². The lowest BCUT2D eigenvalue weighted by Gasteiger charge is -2.24. The molecule has 0 saturated carbocycles. The highest BCUT2D eigenvalue weighted by Gasteiger charge is 2.25. The van der Waals surface area contributed by atoms with Crippen LogP contribution in [0.15, 0.2) is 12.3 Å². The van der Waals surface area contributed by atoms with Gasteiger partial charge >= 0.3 is 0 Å². The van der Waals surface area contributed by atoms with Gasteiger partial charge in [-0.05, 0) is 44.8 Å². The molecule has 134 valence electrons. The van der Waals surface area contributed by atoms with Crippen LogP contribution < -0.4 is 10.6 Å². The highest BCUT2D eigenvalue weighted by molar-refractivity contribution is 5.92. The summed E-state index contributed by atoms with van der Waals surface area (Å²) < 4.78 is 7.09. The number of hydrogen-bond acceptors (Lipinski definition) is 5. The maximum Gasteiger partial charge on any atom is 0.271 e. The van der Waals surface area contributed by atoms with Crippen LogP contribution >= 0.6 is 0 Å². The minimum atomic E-state index is -0.0730. The van der Waals surface area contributed by atoms with E-state index in [0.717, 1.165) is 52.0 Å². The van der Waals surface area contributed by atoms with E-state index in [4.69, 9.17) is 4.74 Å². The van der Waals surface area contributed by atoms with Crippen molar-refractivity contribution in [3.63, 3.8) is 0 Å². The minimum absolute atomic E-state index is 0.0730. The summed E-state index contributed by atoms with van der Waals surface area (Å²) in [7, 11) is 1.73. The third-order valence-corrected chi connectivity index (χ3v) is 5.07. The summed E-state index contributed by atoms with van der Waals surface area (Å²) >= 11 is 0. The van der Waals surface area contributed by atoms with Gasteiger partial charge in [0, 0.05) is 39.0 Å². The van der Waals surface area contributed by atoms with E-state index >= 15 is 0 Å². The van der Waals surface area contributed by atoms with Crippen molar-refractivity contribution in [3.8, 4) is 0 Å². The van der Waals surface area contributed by atoms with Gasteiger partial charge in [0.15, 0.2) is 0 Å². The molecule has 2 N–H and O–H groups in total. The molecule has 0 bridgehead atoms. The number of amides is 1. The molecule has 2 aliphatic rings. The number of piperidine rings is 1. The molecule has 3 heterocycles. The number of methoxy groups -OCH3 is 1. The number of carbonyl (C=O) groups is 1. The van der Waals surface area contributed by atoms with Crippen LogP contribution in [0.2, 0.25) is 0 Å². The highest BCUT2D eigenvalue weighted by atomic mass is 16.5. The van der Waals surface area contributed by atoms with Crippen molar-refractivity contribution in [1.29, 1.82) is 0 Å². The Hall–Kier alpha value is -1.44. The predicted molar refractivity (Wildman–Crippen MR) is 92.2 cm³/mol. The molecule has 2 unspecified atom stereocenters. The lowest BCUT2D eigenvalue weighted by Crippen LogP contribution is -2.41. The summed E-state index contributed by atoms with van der Waals surface area (Å²) in [5.41, 5.74) is 0.516. The number of nitrogens with one attached hydrogen (secondary N) is 2. The van der Waals surface area contributed by atoms with Gasteiger partial charge in [0.2, 0.25) is 0 Å². The number of aromatic nitrogens is 2. The summed E-state index contributed by atoms with van der Waals surface area (Å²) in [6, 6.07) is 2.59. The molecule has 0 radical (unpaired) electrons. The number of likely N-dealkylation sites (tertiary alicyclic amines) is 1. The van der Waals surface area contributed by atoms with E-state index in [0.29, 0.717) is 24.3 Å². The summed E-state index contributed by atoms with van der Waals surface area (Å²) in [4.78, 5) is 14.8. The van der Waals surface area contributed by atoms with Gasteiger partial charge in [0.25, 0.3) is 5.91 Å². The van der Waals surface area contributed by atoms with Gasteiger partial charge in [0.1, 0.15) is 5.69 Å². The summed E-state index contributed by atoms with van der Waals surface area (Å²) in [6.07, 6.45) is 6.52. The molecule has 2 atom stereocenters. The normalized spacial score (nSPS) is 25.0. The van der Waals surface area contributed by atoms with Crippen molar-refractivity contribution in [2.24, 2.45) is 0 Å². The topological polar surface area (TPSA) is 71.4 Å². The molecule has 2 saturated heterocycles. The fraction of sp³-hybridized carbons (Fsp3) is 0.765. The van der Waals surface area contributed by atoms with Crippen molar-refractivity contribution in [3.05, 3.63) is 18.0 Å². The van der Waals surface area contributed by atoms with E-state index in [9.17, 15) is 4.79 Å². The number of ether oxygens (including phenoxy) is 1. The molecule has 7 nitrogen and oxygen atoms in total. The van der Waals surface area contributed by atoms with Crippen LogP contribution in [0.1, 0.15) is 42.2 Å². The zero-order valence-electron chi connectivity index (χ0n) is 14.5. The maximum atomic E-state index is 12.4. The van der Waals surface area contributed by atoms with Crippen molar-refractivity contribution in [1.82, 2.24) is 25.3 Å². The van der Waals surface area contributed by atoms with Crippen LogP contribution in [-0.2, 0) is 4.74 Å². The Balaban J connectivity index is 1.49. The molecule has 24 heavy (non-hydrogen) atoms. The zero-order chi connectivity index (χ0) is 16.8. The quantitative estimate of drug-likeness (QED) is 0.765. The Kier molecular flexibility index (Phi) is 6.23. The monoisotopic (exact) mass is 335 g/mol. The largest absolute Gasteiger partial charge is 0.383 e. The van der Waals surface area contributed by atoms with Gasteiger partial charge in [-0.3, -0.25) is 14.4 Å². The van der Waals surface area contributed by atoms with Crippen LogP contribution in [0.3, 0.4) is 0 Å². The van der Waals surface area contributed by atoms with Gasteiger partial charge in [-0.1, -0.05) is 0 Å². The number of carbonyl (C=O) groups excluding carboxylic acids is 1. The van der Waals surface area contributed by atoms with Gasteiger partial charge in [0.05, 0.1) is 12.6 Å². The Morgan fingerprint density at radius 3 is 3.17 bits per heavy atom. The van der Waals surface area contributed by atoms with Gasteiger partial charge < -0.3 is 15.4 Å². The summed E-state index contributed by atoms with van der Waals surface area (Å²) in [5, 5.41) is 10.9. The summed E-state index contributed by atoms with van der Waals surface area (Å²) in [6.45, 7) is 5.45. The van der Waals surface area contributed by atoms with Crippen LogP contribution in [0.25, 0.3) is 0 Å². The van der Waals surface area contributed by atoms with Crippen molar-refractivity contribution >= 4 is 5.91 Å². The van der Waals surface area contributed by atoms with Crippen LogP contribution in [0, 0.1) is 0 Å². The highest BCUT2D eigenvalue weighted by Crippen LogP contribution is 2.17. The first-order valence-corrected chi connectivity index (χ1v) is 9.05. The first-order valence-electron chi connectivity index (χ1n) is 9.05. The van der Waals surface area contributed by atoms with E-state index < -0.39 is 0 Å². The van der Waals surface area contributed by atoms with Gasteiger partial charge in [-0.2, -0.15) is 5.10 Å². The minimum Gasteiger partial charge on any atom is -0.383 e. The smallest absolute Gasteiger partial charge is 0.271 e. The van der Waals surface area contributed by atoms with Crippen LogP contribution in [0.4, 0.5) is 0 Å². The molecular formula is C17H29N5O2. The fourth-order valence-electron chi connectivity index (χ4n) is 3.65. The molecule has 7 heteroatoms. The first kappa shape index (κ1) is 17.4. The standard InChI is InChI=1S/C17H29N5O2/c1-24-11-10-21-8-3-5-14(21)13-19-17(23)16-6-9-22(20-16)15-4-2-7-18-12-15/h6,9,14-15,18H,2-5,7-8,10-13H2,1H3,(H,19,23). The Morgan fingerprint density at radius 1 is 1.46 bits per heavy atom. The molecule has 0 spiro atoms. The van der Waals surface area contributed by atoms with Crippen molar-refractivity contribution in [2.45, 2.75) is 37.8 Å². The molecule has 1 aromatic heterocycles. The Bertz CT molecular complexity index is 527. The molecule has 2 fully saturated rings. The SMILES string of the molecule is COCCN1CCCC1CNC(=O)c1ccn(C2CCCNC2)n1. The second kappa shape index (κ2) is 8.60. The lowest BCUT2D eigenvalue weighted by atomic mass is 10.1. The maximum absolute atomic E-state index is 12.4. The molecule has 1 aromatic rings. The van der Waals surface area contributed by atoms with E-state index in [1.54, 1.807) is 7.11 Å². The third kappa shape index (κ3) is 4.34. The number of nitrogens with zero attached hydrogens (tertiary/aromatic N) is 3. The molecule has 0 aliphatic carbocycles. The zero-order valence-corrected chi connectivity index (χ0v) is 14.5. The lowest BCUT2D eigenvalue weighted by molar-refractivity contribution is 0.0926. The molecule has 2 aliphatic heterocycles. The van der Waals surface area contributed by atoms with E-state index in [1.165, 1.54) is 6.42 Å². The molecule has 0 aromatic carbocycles. The first-order chi connectivity index (χ1) is 11.8. The van der Waals surface area contributed by atoms with Crippen LogP contribution in [0.5, 0.6) is 0 Å². The predicted octanol–water partition coefficient (Wildman–Crippen LogP) is 0.648. The molecule has 3 rings (SSSR count).